The quantitative estimate of drug-likeness (QED) is 0.686. The van der Waals surface area contributed by atoms with Crippen LogP contribution in [-0.2, 0) is 16.1 Å². The van der Waals surface area contributed by atoms with Crippen LogP contribution < -0.4 is 0 Å². The van der Waals surface area contributed by atoms with Crippen molar-refractivity contribution in [2.24, 2.45) is 5.92 Å². The Bertz CT molecular complexity index is 328. The molecule has 1 aromatic rings. The van der Waals surface area contributed by atoms with Crippen molar-refractivity contribution in [3.63, 3.8) is 0 Å². The molecule has 0 N–H and O–H groups in total. The maximum Gasteiger partial charge on any atom is 0.138 e. The summed E-state index contributed by atoms with van der Waals surface area (Å²) >= 11 is 0. The Labute approximate surface area is 96.6 Å². The molecule has 1 aliphatic rings. The molecule has 1 fully saturated rings. The molecule has 1 aliphatic carbocycles. The van der Waals surface area contributed by atoms with E-state index in [2.05, 4.69) is 0 Å². The lowest BCUT2D eigenvalue weighted by molar-refractivity contribution is -0.126. The van der Waals surface area contributed by atoms with Gasteiger partial charge in [-0.3, -0.25) is 4.79 Å². The van der Waals surface area contributed by atoms with E-state index in [1.165, 1.54) is 12.0 Å². The lowest BCUT2D eigenvalue weighted by atomic mass is 9.81. The summed E-state index contributed by atoms with van der Waals surface area (Å²) in [5, 5.41) is 0. The van der Waals surface area contributed by atoms with Crippen LogP contribution in [0.25, 0.3) is 0 Å². The fraction of sp³-hybridized carbons (Fsp3) is 0.500. The van der Waals surface area contributed by atoms with Crippen molar-refractivity contribution in [3.8, 4) is 0 Å². The predicted molar refractivity (Wildman–Crippen MR) is 63.1 cm³/mol. The summed E-state index contributed by atoms with van der Waals surface area (Å²) in [7, 11) is 0. The van der Waals surface area contributed by atoms with Gasteiger partial charge < -0.3 is 4.74 Å². The summed E-state index contributed by atoms with van der Waals surface area (Å²) in [5.74, 6) is 0.736. The highest BCUT2D eigenvalue weighted by Crippen LogP contribution is 2.27. The van der Waals surface area contributed by atoms with Crippen LogP contribution >= 0.6 is 0 Å². The number of benzene rings is 1. The summed E-state index contributed by atoms with van der Waals surface area (Å²) in [6.07, 6.45) is 3.99. The Morgan fingerprint density at radius 1 is 1.25 bits per heavy atom. The number of hydrogen-bond donors (Lipinski definition) is 0. The second-order valence-electron chi connectivity index (χ2n) is 4.38. The second-order valence-corrected chi connectivity index (χ2v) is 4.38. The molecule has 1 aromatic carbocycles. The molecule has 0 unspecified atom stereocenters. The van der Waals surface area contributed by atoms with Crippen molar-refractivity contribution < 1.29 is 9.53 Å². The predicted octanol–water partition coefficient (Wildman–Crippen LogP) is 2.96. The van der Waals surface area contributed by atoms with Gasteiger partial charge in [0, 0.05) is 12.3 Å². The van der Waals surface area contributed by atoms with Crippen molar-refractivity contribution in [3.05, 3.63) is 35.9 Å². The summed E-state index contributed by atoms with van der Waals surface area (Å²) < 4.78 is 5.49. The lowest BCUT2D eigenvalue weighted by Crippen LogP contribution is -2.22. The molecule has 0 heterocycles. The maximum atomic E-state index is 11.6. The molecule has 86 valence electrons. The fourth-order valence-corrected chi connectivity index (χ4v) is 1.87. The molecule has 0 aromatic heterocycles. The summed E-state index contributed by atoms with van der Waals surface area (Å²) in [4.78, 5) is 11.6. The Hall–Kier alpha value is -1.15. The Kier molecular flexibility index (Phi) is 4.11. The first-order valence-corrected chi connectivity index (χ1v) is 6.00. The van der Waals surface area contributed by atoms with E-state index in [0.29, 0.717) is 31.3 Å². The minimum atomic E-state index is 0.348. The van der Waals surface area contributed by atoms with E-state index in [-0.39, 0.29) is 0 Å². The number of ketones is 1. The zero-order chi connectivity index (χ0) is 11.2. The van der Waals surface area contributed by atoms with Gasteiger partial charge in [0.15, 0.2) is 0 Å². The van der Waals surface area contributed by atoms with Crippen molar-refractivity contribution in [1.29, 1.82) is 0 Å². The third kappa shape index (κ3) is 3.17. The van der Waals surface area contributed by atoms with Gasteiger partial charge in [0.1, 0.15) is 5.78 Å². The molecule has 2 rings (SSSR count). The van der Waals surface area contributed by atoms with E-state index in [9.17, 15) is 4.79 Å². The number of ether oxygens (including phenoxy) is 1. The van der Waals surface area contributed by atoms with Crippen LogP contribution in [0, 0.1) is 5.92 Å². The molecule has 2 heteroatoms. The van der Waals surface area contributed by atoms with Gasteiger partial charge in [0.2, 0.25) is 0 Å². The van der Waals surface area contributed by atoms with Crippen LogP contribution in [0.4, 0.5) is 0 Å². The maximum absolute atomic E-state index is 11.6. The molecule has 1 saturated carbocycles. The van der Waals surface area contributed by atoms with Gasteiger partial charge in [-0.15, -0.1) is 0 Å². The van der Waals surface area contributed by atoms with Gasteiger partial charge in [-0.05, 0) is 18.4 Å². The van der Waals surface area contributed by atoms with Crippen LogP contribution in [0.5, 0.6) is 0 Å². The highest BCUT2D eigenvalue weighted by molar-refractivity contribution is 5.81. The highest BCUT2D eigenvalue weighted by Gasteiger charge is 2.24. The molecule has 16 heavy (non-hydrogen) atoms. The molecule has 0 saturated heterocycles. The van der Waals surface area contributed by atoms with E-state index in [4.69, 9.17) is 4.74 Å². The number of Topliss-reactive ketones (excluding diaryl/α,β-unsaturated/α-hetero) is 1. The zero-order valence-corrected chi connectivity index (χ0v) is 9.52. The van der Waals surface area contributed by atoms with E-state index in [0.717, 1.165) is 12.8 Å². The molecule has 0 bridgehead atoms. The molecule has 0 aliphatic heterocycles. The van der Waals surface area contributed by atoms with Crippen LogP contribution in [0.3, 0.4) is 0 Å². The SMILES string of the molecule is O=C(CCOCc1ccccc1)C1CCC1. The summed E-state index contributed by atoms with van der Waals surface area (Å²) in [6.45, 7) is 1.17. The van der Waals surface area contributed by atoms with Crippen molar-refractivity contribution in [2.75, 3.05) is 6.61 Å². The zero-order valence-electron chi connectivity index (χ0n) is 9.52. The number of rotatable bonds is 6. The average molecular weight is 218 g/mol. The largest absolute Gasteiger partial charge is 0.376 e. The third-order valence-electron chi connectivity index (χ3n) is 3.16. The Morgan fingerprint density at radius 2 is 2.00 bits per heavy atom. The van der Waals surface area contributed by atoms with Crippen LogP contribution in [0.2, 0.25) is 0 Å². The van der Waals surface area contributed by atoms with Gasteiger partial charge in [0.05, 0.1) is 13.2 Å². The molecular formula is C14H18O2. The van der Waals surface area contributed by atoms with Crippen LogP contribution in [0.15, 0.2) is 30.3 Å². The first-order valence-electron chi connectivity index (χ1n) is 6.00. The molecule has 0 radical (unpaired) electrons. The summed E-state index contributed by atoms with van der Waals surface area (Å²) in [5.41, 5.74) is 1.17. The first kappa shape index (κ1) is 11.3. The molecule has 2 nitrogen and oxygen atoms in total. The smallest absolute Gasteiger partial charge is 0.138 e. The van der Waals surface area contributed by atoms with Gasteiger partial charge in [-0.2, -0.15) is 0 Å². The highest BCUT2D eigenvalue weighted by atomic mass is 16.5. The molecular weight excluding hydrogens is 200 g/mol. The van der Waals surface area contributed by atoms with Crippen molar-refractivity contribution >= 4 is 5.78 Å². The van der Waals surface area contributed by atoms with E-state index in [1.807, 2.05) is 30.3 Å². The normalized spacial score (nSPS) is 15.8. The average Bonchev–Trinajstić information content (AvgIpc) is 2.23. The minimum Gasteiger partial charge on any atom is -0.376 e. The number of hydrogen-bond acceptors (Lipinski definition) is 2. The number of carbonyl (C=O) groups is 1. The molecule has 0 amide bonds. The topological polar surface area (TPSA) is 26.3 Å². The van der Waals surface area contributed by atoms with E-state index in [1.54, 1.807) is 0 Å². The standard InChI is InChI=1S/C14H18O2/c15-14(13-7-4-8-13)9-10-16-11-12-5-2-1-3-6-12/h1-3,5-6,13H,4,7-11H2. The van der Waals surface area contributed by atoms with Crippen LogP contribution in [0.1, 0.15) is 31.2 Å². The Balaban J connectivity index is 1.60. The lowest BCUT2D eigenvalue weighted by Gasteiger charge is -2.23. The fourth-order valence-electron chi connectivity index (χ4n) is 1.87. The van der Waals surface area contributed by atoms with E-state index < -0.39 is 0 Å². The third-order valence-corrected chi connectivity index (χ3v) is 3.16. The number of carbonyl (C=O) groups excluding carboxylic acids is 1. The van der Waals surface area contributed by atoms with Crippen LogP contribution in [-0.4, -0.2) is 12.4 Å². The van der Waals surface area contributed by atoms with Gasteiger partial charge in [-0.25, -0.2) is 0 Å². The Morgan fingerprint density at radius 3 is 2.62 bits per heavy atom. The monoisotopic (exact) mass is 218 g/mol. The van der Waals surface area contributed by atoms with E-state index >= 15 is 0 Å². The second kappa shape index (κ2) is 5.80. The van der Waals surface area contributed by atoms with Gasteiger partial charge >= 0.3 is 0 Å². The van der Waals surface area contributed by atoms with Gasteiger partial charge in [0.25, 0.3) is 0 Å². The van der Waals surface area contributed by atoms with Crippen molar-refractivity contribution in [2.45, 2.75) is 32.3 Å². The molecule has 0 spiro atoms. The minimum absolute atomic E-state index is 0.348. The summed E-state index contributed by atoms with van der Waals surface area (Å²) in [6, 6.07) is 10.1. The van der Waals surface area contributed by atoms with Gasteiger partial charge in [-0.1, -0.05) is 36.8 Å². The molecule has 0 atom stereocenters. The first-order chi connectivity index (χ1) is 7.86. The van der Waals surface area contributed by atoms with Crippen molar-refractivity contribution in [1.82, 2.24) is 0 Å².